The van der Waals surface area contributed by atoms with Crippen molar-refractivity contribution in [1.82, 2.24) is 9.97 Å². The van der Waals surface area contributed by atoms with Crippen molar-refractivity contribution in [2.75, 3.05) is 0 Å². The van der Waals surface area contributed by atoms with Crippen LogP contribution in [0.3, 0.4) is 0 Å². The zero-order valence-corrected chi connectivity index (χ0v) is 14.2. The molecule has 2 aromatic heterocycles. The van der Waals surface area contributed by atoms with Crippen molar-refractivity contribution in [2.24, 2.45) is 0 Å². The number of pyridine rings is 2. The first-order valence-corrected chi connectivity index (χ1v) is 10.9. The van der Waals surface area contributed by atoms with E-state index >= 15 is 0 Å². The van der Waals surface area contributed by atoms with Gasteiger partial charge in [0.05, 0.1) is 5.69 Å². The fourth-order valence-corrected chi connectivity index (χ4v) is 6.90. The highest BCUT2D eigenvalue weighted by Gasteiger charge is 2.37. The molecule has 0 unspecified atom stereocenters. The van der Waals surface area contributed by atoms with Gasteiger partial charge < -0.3 is 0 Å². The van der Waals surface area contributed by atoms with E-state index in [9.17, 15) is 0 Å². The Bertz CT molecular complexity index is 1100. The SMILES string of the molecule is C[Si]1(C)c2ncccc2-c2nccc3c2c1cc1ccccc13. The Hall–Kier alpha value is -2.52. The Morgan fingerprint density at radius 2 is 1.70 bits per heavy atom. The Morgan fingerprint density at radius 1 is 0.826 bits per heavy atom. The summed E-state index contributed by atoms with van der Waals surface area (Å²) in [4.78, 5) is 9.49. The molecule has 0 amide bonds. The van der Waals surface area contributed by atoms with Crippen LogP contribution in [0.25, 0.3) is 32.8 Å². The molecule has 0 N–H and O–H groups in total. The van der Waals surface area contributed by atoms with Crippen molar-refractivity contribution in [3.8, 4) is 11.3 Å². The zero-order valence-electron chi connectivity index (χ0n) is 13.2. The van der Waals surface area contributed by atoms with Gasteiger partial charge in [-0.25, -0.2) is 0 Å². The third-order valence-corrected chi connectivity index (χ3v) is 8.42. The maximum absolute atomic E-state index is 4.76. The van der Waals surface area contributed by atoms with Gasteiger partial charge in [0.25, 0.3) is 0 Å². The fourth-order valence-electron chi connectivity index (χ4n) is 3.97. The summed E-state index contributed by atoms with van der Waals surface area (Å²) in [6.07, 6.45) is 3.85. The molecule has 0 saturated heterocycles. The number of fused-ring (bicyclic) bond motifs is 4. The maximum atomic E-state index is 4.76. The van der Waals surface area contributed by atoms with Crippen molar-refractivity contribution in [3.63, 3.8) is 0 Å². The summed E-state index contributed by atoms with van der Waals surface area (Å²) >= 11 is 0. The zero-order chi connectivity index (χ0) is 15.6. The van der Waals surface area contributed by atoms with Gasteiger partial charge in [-0.15, -0.1) is 0 Å². The van der Waals surface area contributed by atoms with Crippen LogP contribution in [0.4, 0.5) is 0 Å². The molecule has 0 aliphatic carbocycles. The number of nitrogens with zero attached hydrogens (tertiary/aromatic N) is 2. The van der Waals surface area contributed by atoms with Gasteiger partial charge in [-0.3, -0.25) is 9.97 Å². The minimum absolute atomic E-state index is 1.10. The third kappa shape index (κ3) is 1.57. The Kier molecular flexibility index (Phi) is 2.41. The second-order valence-corrected chi connectivity index (χ2v) is 11.0. The monoisotopic (exact) mass is 312 g/mol. The highest BCUT2D eigenvalue weighted by Crippen LogP contribution is 2.34. The van der Waals surface area contributed by atoms with Gasteiger partial charge in [0, 0.05) is 28.7 Å². The maximum Gasteiger partial charge on any atom is 0.137 e. The summed E-state index contributed by atoms with van der Waals surface area (Å²) in [7, 11) is -1.83. The number of rotatable bonds is 0. The first-order chi connectivity index (χ1) is 11.2. The van der Waals surface area contributed by atoms with Crippen LogP contribution in [0, 0.1) is 0 Å². The summed E-state index contributed by atoms with van der Waals surface area (Å²) in [6, 6.07) is 17.4. The lowest BCUT2D eigenvalue weighted by Gasteiger charge is -2.32. The van der Waals surface area contributed by atoms with Crippen molar-refractivity contribution >= 4 is 40.1 Å². The van der Waals surface area contributed by atoms with Gasteiger partial charge in [-0.2, -0.15) is 0 Å². The highest BCUT2D eigenvalue weighted by molar-refractivity contribution is 7.03. The molecule has 1 aliphatic rings. The highest BCUT2D eigenvalue weighted by atomic mass is 28.3. The number of hydrogen-bond donors (Lipinski definition) is 0. The minimum Gasteiger partial charge on any atom is -0.265 e. The van der Waals surface area contributed by atoms with Gasteiger partial charge in [0.2, 0.25) is 0 Å². The van der Waals surface area contributed by atoms with E-state index in [1.54, 1.807) is 0 Å². The van der Waals surface area contributed by atoms with Crippen LogP contribution < -0.4 is 10.5 Å². The third-order valence-electron chi connectivity index (χ3n) is 5.10. The predicted octanol–water partition coefficient (Wildman–Crippen LogP) is 3.59. The lowest BCUT2D eigenvalue weighted by Crippen LogP contribution is -2.57. The molecule has 110 valence electrons. The molecular weight excluding hydrogens is 296 g/mol. The number of aromatic nitrogens is 2. The summed E-state index contributed by atoms with van der Waals surface area (Å²) in [5.74, 6) is 0. The van der Waals surface area contributed by atoms with E-state index in [4.69, 9.17) is 9.97 Å². The van der Waals surface area contributed by atoms with E-state index in [1.165, 1.54) is 37.6 Å². The Balaban J connectivity index is 2.10. The molecule has 0 spiro atoms. The van der Waals surface area contributed by atoms with E-state index in [-0.39, 0.29) is 0 Å². The van der Waals surface area contributed by atoms with Crippen LogP contribution in [0.1, 0.15) is 0 Å². The molecule has 1 aliphatic heterocycles. The van der Waals surface area contributed by atoms with Crippen LogP contribution in [0.15, 0.2) is 60.9 Å². The molecular formula is C20H16N2Si. The van der Waals surface area contributed by atoms with E-state index in [0.717, 1.165) is 5.69 Å². The second-order valence-electron chi connectivity index (χ2n) is 6.75. The molecule has 0 saturated carbocycles. The molecule has 0 radical (unpaired) electrons. The van der Waals surface area contributed by atoms with E-state index in [2.05, 4.69) is 55.6 Å². The second kappa shape index (κ2) is 4.27. The van der Waals surface area contributed by atoms with Gasteiger partial charge in [-0.05, 0) is 39.5 Å². The van der Waals surface area contributed by atoms with Crippen molar-refractivity contribution in [2.45, 2.75) is 13.1 Å². The molecule has 0 bridgehead atoms. The summed E-state index contributed by atoms with van der Waals surface area (Å²) in [5.41, 5.74) is 2.32. The minimum atomic E-state index is -1.83. The van der Waals surface area contributed by atoms with Crippen LogP contribution in [-0.2, 0) is 0 Å². The number of benzene rings is 2. The smallest absolute Gasteiger partial charge is 0.137 e. The van der Waals surface area contributed by atoms with Crippen molar-refractivity contribution in [3.05, 3.63) is 60.9 Å². The largest absolute Gasteiger partial charge is 0.265 e. The average Bonchev–Trinajstić information content (AvgIpc) is 2.59. The topological polar surface area (TPSA) is 25.8 Å². The molecule has 2 aromatic carbocycles. The average molecular weight is 312 g/mol. The van der Waals surface area contributed by atoms with Gasteiger partial charge in [0.1, 0.15) is 8.07 Å². The Morgan fingerprint density at radius 3 is 2.61 bits per heavy atom. The molecule has 2 nitrogen and oxygen atoms in total. The Labute approximate surface area is 135 Å². The lowest BCUT2D eigenvalue weighted by molar-refractivity contribution is 1.31. The van der Waals surface area contributed by atoms with Gasteiger partial charge >= 0.3 is 0 Å². The van der Waals surface area contributed by atoms with E-state index < -0.39 is 8.07 Å². The molecule has 3 heterocycles. The van der Waals surface area contributed by atoms with Gasteiger partial charge in [0.15, 0.2) is 0 Å². The van der Waals surface area contributed by atoms with Crippen LogP contribution >= 0.6 is 0 Å². The van der Waals surface area contributed by atoms with E-state index in [1.807, 2.05) is 18.5 Å². The quantitative estimate of drug-likeness (QED) is 0.366. The van der Waals surface area contributed by atoms with Crippen LogP contribution in [0.2, 0.25) is 13.1 Å². The van der Waals surface area contributed by atoms with Crippen molar-refractivity contribution in [1.29, 1.82) is 0 Å². The van der Waals surface area contributed by atoms with Gasteiger partial charge in [-0.1, -0.05) is 43.4 Å². The summed E-state index contributed by atoms with van der Waals surface area (Å²) < 4.78 is 0. The molecule has 0 atom stereocenters. The van der Waals surface area contributed by atoms with Crippen LogP contribution in [0.5, 0.6) is 0 Å². The molecule has 4 aromatic rings. The van der Waals surface area contributed by atoms with E-state index in [0.29, 0.717) is 0 Å². The summed E-state index contributed by atoms with van der Waals surface area (Å²) in [5, 5.41) is 7.99. The fraction of sp³-hybridized carbons (Fsp3) is 0.100. The predicted molar refractivity (Wildman–Crippen MR) is 99.2 cm³/mol. The molecule has 0 fully saturated rings. The molecule has 5 rings (SSSR count). The number of hydrogen-bond acceptors (Lipinski definition) is 2. The summed E-state index contributed by atoms with van der Waals surface area (Å²) in [6.45, 7) is 4.80. The molecule has 3 heteroatoms. The lowest BCUT2D eigenvalue weighted by atomic mass is 9.99. The first-order valence-electron chi connectivity index (χ1n) is 7.95. The standard InChI is InChI=1S/C20H16N2Si/c1-23(2)17-12-13-6-3-4-7-14(13)15-9-11-21-19(18(15)17)16-8-5-10-22-20(16)23/h3-12H,1-2H3. The van der Waals surface area contributed by atoms with Crippen molar-refractivity contribution < 1.29 is 0 Å². The normalized spacial score (nSPS) is 14.9. The first kappa shape index (κ1) is 13.0. The molecule has 23 heavy (non-hydrogen) atoms. The van der Waals surface area contributed by atoms with Crippen LogP contribution in [-0.4, -0.2) is 18.0 Å².